The average molecular weight is 918 g/mol. The van der Waals surface area contributed by atoms with E-state index in [1.807, 2.05) is 65.0 Å². The number of aryl methyl sites for hydroxylation is 1. The second-order valence-electron chi connectivity index (χ2n) is 15.0. The summed E-state index contributed by atoms with van der Waals surface area (Å²) in [6, 6.07) is 13.3. The summed E-state index contributed by atoms with van der Waals surface area (Å²) >= 11 is 6.61. The molecular weight excluding hydrogens is 874 g/mol. The fraction of sp³-hybridized carbons (Fsp3) is 0.293. The molecule has 5 N–H and O–H groups in total. The number of amidine groups is 2. The number of nitrogens with zero attached hydrogens (tertiary/aromatic N) is 6. The molecule has 0 spiro atoms. The fourth-order valence-corrected chi connectivity index (χ4v) is 6.18. The largest absolute Gasteiger partial charge is 0.476 e. The van der Waals surface area contributed by atoms with Crippen LogP contribution in [0.3, 0.4) is 0 Å². The Morgan fingerprint density at radius 1 is 0.810 bits per heavy atom. The van der Waals surface area contributed by atoms with Gasteiger partial charge in [-0.2, -0.15) is 0 Å². The van der Waals surface area contributed by atoms with Gasteiger partial charge in [-0.3, -0.25) is 9.59 Å². The van der Waals surface area contributed by atoms with Gasteiger partial charge < -0.3 is 40.3 Å². The minimum atomic E-state index is -0.838. The third-order valence-corrected chi connectivity index (χ3v) is 10.0. The standard InChI is InChI=1S/C23H24N4O3.C9H10BrN3O.C9H9BrN2O2/c1-14-16-7-5-6-8-17(16)29-19(14)13-27(4)20(28)10-9-15-11-18-21(25-12-15)26-22(24)23(2,3)30-18;1-9(2)8(11)13-7-6(14-9)3-5(10)4-12-7;1-9(2)8(13)12-7-6(14-9)3-5(10)4-11-7/h5-12H,13H2,1-4H3,(H2,24,25,26);3-4H,1-2H3,(H2,11,12,13);3-4H,1-2H3,(H,11,12,13)/b10-9+;;. The molecular formula is C41H43Br2N9O6. The maximum absolute atomic E-state index is 12.6. The number of hydrogen-bond donors (Lipinski definition) is 3. The molecule has 3 aliphatic rings. The van der Waals surface area contributed by atoms with Crippen molar-refractivity contribution in [3.05, 3.63) is 93.0 Å². The minimum absolute atomic E-state index is 0.143. The van der Waals surface area contributed by atoms with Crippen LogP contribution in [-0.2, 0) is 16.1 Å². The van der Waals surface area contributed by atoms with Gasteiger partial charge in [0.05, 0.1) is 6.54 Å². The van der Waals surface area contributed by atoms with Gasteiger partial charge in [-0.1, -0.05) is 18.2 Å². The number of anilines is 1. The molecule has 0 bridgehead atoms. The lowest BCUT2D eigenvalue weighted by Crippen LogP contribution is -2.45. The zero-order chi connectivity index (χ0) is 42.2. The molecule has 58 heavy (non-hydrogen) atoms. The third-order valence-electron chi connectivity index (χ3n) is 9.15. The van der Waals surface area contributed by atoms with Gasteiger partial charge in [0.1, 0.15) is 23.0 Å². The van der Waals surface area contributed by atoms with Gasteiger partial charge in [0, 0.05) is 51.6 Å². The molecule has 0 saturated carbocycles. The Labute approximate surface area is 352 Å². The number of pyridine rings is 3. The number of nitrogens with one attached hydrogen (secondary N) is 1. The van der Waals surface area contributed by atoms with Crippen molar-refractivity contribution in [1.82, 2.24) is 19.9 Å². The van der Waals surface area contributed by atoms with E-state index in [1.54, 1.807) is 62.6 Å². The van der Waals surface area contributed by atoms with E-state index in [1.165, 1.54) is 6.08 Å². The zero-order valence-corrected chi connectivity index (χ0v) is 36.4. The van der Waals surface area contributed by atoms with Crippen molar-refractivity contribution in [3.63, 3.8) is 0 Å². The summed E-state index contributed by atoms with van der Waals surface area (Å²) in [5.41, 5.74) is 12.2. The van der Waals surface area contributed by atoms with Gasteiger partial charge in [-0.05, 0) is 116 Å². The minimum Gasteiger partial charge on any atom is -0.476 e. The number of amides is 2. The number of carbonyl (C=O) groups is 2. The Hall–Kier alpha value is -5.81. The van der Waals surface area contributed by atoms with Crippen LogP contribution in [0, 0.1) is 6.92 Å². The van der Waals surface area contributed by atoms with Crippen LogP contribution in [-0.4, -0.2) is 67.2 Å². The molecule has 0 radical (unpaired) electrons. The van der Waals surface area contributed by atoms with Crippen LogP contribution in [0.25, 0.3) is 17.0 Å². The maximum Gasteiger partial charge on any atom is 0.269 e. The number of para-hydroxylation sites is 1. The number of furan rings is 1. The van der Waals surface area contributed by atoms with E-state index in [4.69, 9.17) is 30.1 Å². The topological polar surface area (TPSA) is 206 Å². The number of halogens is 2. The third kappa shape index (κ3) is 9.31. The molecule has 0 aliphatic carbocycles. The second kappa shape index (κ2) is 16.2. The first-order valence-electron chi connectivity index (χ1n) is 18.0. The van der Waals surface area contributed by atoms with Gasteiger partial charge in [0.25, 0.3) is 5.91 Å². The predicted octanol–water partition coefficient (Wildman–Crippen LogP) is 7.93. The monoisotopic (exact) mass is 915 g/mol. The normalized spacial score (nSPS) is 16.5. The molecule has 1 aromatic carbocycles. The first-order valence-corrected chi connectivity index (χ1v) is 19.6. The average Bonchev–Trinajstić information content (AvgIpc) is 3.46. The summed E-state index contributed by atoms with van der Waals surface area (Å²) in [6.45, 7) is 13.2. The van der Waals surface area contributed by atoms with Crippen LogP contribution >= 0.6 is 31.9 Å². The molecule has 302 valence electrons. The highest BCUT2D eigenvalue weighted by Gasteiger charge is 2.36. The number of ether oxygens (including phenoxy) is 3. The Morgan fingerprint density at radius 2 is 1.36 bits per heavy atom. The van der Waals surface area contributed by atoms with Crippen LogP contribution in [0.5, 0.6) is 17.2 Å². The van der Waals surface area contributed by atoms with Crippen molar-refractivity contribution in [3.8, 4) is 17.2 Å². The van der Waals surface area contributed by atoms with E-state index in [-0.39, 0.29) is 11.8 Å². The molecule has 15 nitrogen and oxygen atoms in total. The zero-order valence-electron chi connectivity index (χ0n) is 33.2. The number of aliphatic imine (C=N–C) groups is 2. The number of benzene rings is 1. The SMILES string of the molecule is CC1(C)Oc2cc(Br)cnc2N=C1N.CC1(C)Oc2cc(Br)cnc2NC1=O.Cc1c(CN(C)C(=O)/C=C/c2cnc3c(c2)OC(C)(C)C(N)=N3)oc2ccccc12. The molecule has 3 aliphatic heterocycles. The highest BCUT2D eigenvalue weighted by Crippen LogP contribution is 2.36. The molecule has 5 aromatic rings. The maximum atomic E-state index is 12.6. The molecule has 0 atom stereocenters. The van der Waals surface area contributed by atoms with Crippen LogP contribution < -0.4 is 31.0 Å². The summed E-state index contributed by atoms with van der Waals surface area (Å²) in [5.74, 6) is 4.49. The van der Waals surface area contributed by atoms with Crippen molar-refractivity contribution < 1.29 is 28.2 Å². The summed E-state index contributed by atoms with van der Waals surface area (Å²) in [7, 11) is 1.74. The first kappa shape index (κ1) is 41.8. The molecule has 0 fully saturated rings. The number of hydrogen-bond acceptors (Lipinski definition) is 13. The lowest BCUT2D eigenvalue weighted by atomic mass is 10.1. The summed E-state index contributed by atoms with van der Waals surface area (Å²) in [5, 5.41) is 3.75. The van der Waals surface area contributed by atoms with Crippen LogP contribution in [0.2, 0.25) is 0 Å². The lowest BCUT2D eigenvalue weighted by molar-refractivity contribution is -0.129. The van der Waals surface area contributed by atoms with Crippen molar-refractivity contribution in [2.75, 3.05) is 12.4 Å². The molecule has 7 heterocycles. The Kier molecular flexibility index (Phi) is 11.7. The van der Waals surface area contributed by atoms with Gasteiger partial charge >= 0.3 is 0 Å². The molecule has 8 rings (SSSR count). The van der Waals surface area contributed by atoms with E-state index in [0.29, 0.717) is 52.9 Å². The number of carbonyl (C=O) groups excluding carboxylic acids is 2. The van der Waals surface area contributed by atoms with E-state index in [0.717, 1.165) is 36.8 Å². The van der Waals surface area contributed by atoms with E-state index in [9.17, 15) is 9.59 Å². The first-order chi connectivity index (χ1) is 27.2. The van der Waals surface area contributed by atoms with Crippen molar-refractivity contribution in [2.24, 2.45) is 21.5 Å². The number of fused-ring (bicyclic) bond motifs is 4. The molecule has 0 unspecified atom stereocenters. The number of likely N-dealkylation sites (N-methyl/N-ethyl adjacent to an activating group) is 1. The highest BCUT2D eigenvalue weighted by atomic mass is 79.9. The highest BCUT2D eigenvalue weighted by molar-refractivity contribution is 9.10. The smallest absolute Gasteiger partial charge is 0.269 e. The Balaban J connectivity index is 0.000000167. The van der Waals surface area contributed by atoms with Gasteiger partial charge in [-0.25, -0.2) is 24.9 Å². The Morgan fingerprint density at radius 3 is 2.00 bits per heavy atom. The van der Waals surface area contributed by atoms with Crippen molar-refractivity contribution in [2.45, 2.75) is 71.8 Å². The van der Waals surface area contributed by atoms with E-state index < -0.39 is 16.8 Å². The summed E-state index contributed by atoms with van der Waals surface area (Å²) in [4.78, 5) is 46.5. The van der Waals surface area contributed by atoms with Gasteiger partial charge in [0.2, 0.25) is 5.91 Å². The molecule has 0 saturated heterocycles. The quantitative estimate of drug-likeness (QED) is 0.148. The number of aromatic nitrogens is 3. The van der Waals surface area contributed by atoms with Crippen LogP contribution in [0.15, 0.2) is 90.5 Å². The van der Waals surface area contributed by atoms with Crippen molar-refractivity contribution in [1.29, 1.82) is 0 Å². The van der Waals surface area contributed by atoms with Crippen molar-refractivity contribution >= 4 is 89.8 Å². The molecule has 2 amide bonds. The number of rotatable bonds is 4. The molecule has 17 heteroatoms. The van der Waals surface area contributed by atoms with Gasteiger partial charge in [0.15, 0.2) is 51.5 Å². The fourth-order valence-electron chi connectivity index (χ4n) is 5.56. The predicted molar refractivity (Wildman–Crippen MR) is 230 cm³/mol. The Bertz CT molecular complexity index is 2510. The lowest BCUT2D eigenvalue weighted by Gasteiger charge is -2.30. The number of nitrogens with two attached hydrogens (primary N) is 2. The second-order valence-corrected chi connectivity index (χ2v) is 16.9. The van der Waals surface area contributed by atoms with Gasteiger partial charge in [-0.15, -0.1) is 0 Å². The van der Waals surface area contributed by atoms with Crippen LogP contribution in [0.1, 0.15) is 58.4 Å². The van der Waals surface area contributed by atoms with Crippen LogP contribution in [0.4, 0.5) is 17.5 Å². The van der Waals surface area contributed by atoms with E-state index in [2.05, 4.69) is 62.1 Å². The molecule has 4 aromatic heterocycles. The summed E-state index contributed by atoms with van der Waals surface area (Å²) in [6.07, 6.45) is 8.12. The van der Waals surface area contributed by atoms with E-state index >= 15 is 0 Å². The summed E-state index contributed by atoms with van der Waals surface area (Å²) < 4.78 is 24.7.